The van der Waals surface area contributed by atoms with Gasteiger partial charge in [0.25, 0.3) is 5.91 Å². The molecular formula is C20H18FN3O2S. The van der Waals surface area contributed by atoms with E-state index < -0.39 is 5.82 Å². The van der Waals surface area contributed by atoms with E-state index in [1.165, 1.54) is 35.6 Å². The summed E-state index contributed by atoms with van der Waals surface area (Å²) in [7, 11) is 0. The molecule has 0 aliphatic carbocycles. The second-order valence-electron chi connectivity index (χ2n) is 5.87. The number of carbonyl (C=O) groups excluding carboxylic acids is 2. The fourth-order valence-corrected chi connectivity index (χ4v) is 3.14. The van der Waals surface area contributed by atoms with E-state index in [-0.39, 0.29) is 18.2 Å². The Morgan fingerprint density at radius 3 is 2.52 bits per heavy atom. The fraction of sp³-hybridized carbons (Fsp3) is 0.150. The van der Waals surface area contributed by atoms with Crippen molar-refractivity contribution in [1.29, 1.82) is 0 Å². The topological polar surface area (TPSA) is 71.1 Å². The first kappa shape index (κ1) is 18.7. The van der Waals surface area contributed by atoms with E-state index in [0.29, 0.717) is 22.9 Å². The Morgan fingerprint density at radius 1 is 1.04 bits per heavy atom. The van der Waals surface area contributed by atoms with Crippen LogP contribution in [0.2, 0.25) is 0 Å². The van der Waals surface area contributed by atoms with Gasteiger partial charge in [-0.2, -0.15) is 0 Å². The molecule has 0 atom stereocenters. The maximum Gasteiger partial charge on any atom is 0.257 e. The van der Waals surface area contributed by atoms with Gasteiger partial charge in [-0.25, -0.2) is 9.37 Å². The summed E-state index contributed by atoms with van der Waals surface area (Å²) in [6.07, 6.45) is 0.917. The van der Waals surface area contributed by atoms with Crippen molar-refractivity contribution in [3.63, 3.8) is 0 Å². The molecule has 2 N–H and O–H groups in total. The molecule has 0 spiro atoms. The maximum absolute atomic E-state index is 12.9. The minimum atomic E-state index is -0.402. The van der Waals surface area contributed by atoms with E-state index in [2.05, 4.69) is 15.6 Å². The third-order valence-corrected chi connectivity index (χ3v) is 4.61. The highest BCUT2D eigenvalue weighted by molar-refractivity contribution is 7.14. The van der Waals surface area contributed by atoms with Crippen LogP contribution in [0.15, 0.2) is 60.0 Å². The van der Waals surface area contributed by atoms with Crippen LogP contribution >= 0.6 is 11.3 Å². The van der Waals surface area contributed by atoms with Crippen molar-refractivity contribution in [2.75, 3.05) is 11.9 Å². The molecule has 0 unspecified atom stereocenters. The van der Waals surface area contributed by atoms with Crippen LogP contribution in [0.1, 0.15) is 21.6 Å². The fourth-order valence-electron chi connectivity index (χ4n) is 2.43. The number of nitrogens with zero attached hydrogens (tertiary/aromatic N) is 1. The summed E-state index contributed by atoms with van der Waals surface area (Å²) >= 11 is 1.24. The van der Waals surface area contributed by atoms with E-state index in [4.69, 9.17) is 0 Å². The predicted octanol–water partition coefficient (Wildman–Crippen LogP) is 3.44. The number of thiazole rings is 1. The molecule has 3 aromatic rings. The molecule has 0 radical (unpaired) electrons. The van der Waals surface area contributed by atoms with E-state index in [1.807, 2.05) is 30.3 Å². The second kappa shape index (κ2) is 9.05. The number of aromatic nitrogens is 1. The van der Waals surface area contributed by atoms with Crippen molar-refractivity contribution < 1.29 is 14.0 Å². The average molecular weight is 383 g/mol. The number of rotatable bonds is 7. The van der Waals surface area contributed by atoms with Crippen LogP contribution in [0.25, 0.3) is 0 Å². The van der Waals surface area contributed by atoms with Gasteiger partial charge < -0.3 is 5.32 Å². The average Bonchev–Trinajstić information content (AvgIpc) is 3.09. The third-order valence-electron chi connectivity index (χ3n) is 3.80. The van der Waals surface area contributed by atoms with Crippen LogP contribution in [-0.2, 0) is 17.6 Å². The molecule has 0 saturated heterocycles. The minimum absolute atomic E-state index is 0.118. The largest absolute Gasteiger partial charge is 0.355 e. The molecule has 1 aromatic heterocycles. The number of anilines is 1. The van der Waals surface area contributed by atoms with Gasteiger partial charge in [0.1, 0.15) is 5.82 Å². The number of hydrogen-bond acceptors (Lipinski definition) is 4. The molecular weight excluding hydrogens is 365 g/mol. The van der Waals surface area contributed by atoms with Crippen LogP contribution < -0.4 is 10.6 Å². The Morgan fingerprint density at radius 2 is 1.78 bits per heavy atom. The summed E-state index contributed by atoms with van der Waals surface area (Å²) < 4.78 is 12.9. The molecule has 5 nitrogen and oxygen atoms in total. The molecule has 2 amide bonds. The van der Waals surface area contributed by atoms with Crippen molar-refractivity contribution in [3.05, 3.63) is 82.6 Å². The molecule has 7 heteroatoms. The Kier molecular flexibility index (Phi) is 6.27. The van der Waals surface area contributed by atoms with Gasteiger partial charge in [0.15, 0.2) is 5.13 Å². The van der Waals surface area contributed by atoms with Crippen molar-refractivity contribution in [2.24, 2.45) is 0 Å². The summed E-state index contributed by atoms with van der Waals surface area (Å²) in [4.78, 5) is 28.4. The van der Waals surface area contributed by atoms with Gasteiger partial charge in [0.05, 0.1) is 12.1 Å². The first-order valence-corrected chi connectivity index (χ1v) is 9.30. The van der Waals surface area contributed by atoms with Crippen LogP contribution in [0.5, 0.6) is 0 Å². The van der Waals surface area contributed by atoms with Gasteiger partial charge in [0.2, 0.25) is 5.91 Å². The maximum atomic E-state index is 12.9. The summed E-state index contributed by atoms with van der Waals surface area (Å²) in [6.45, 7) is 0.557. The number of carbonyl (C=O) groups is 2. The molecule has 3 rings (SSSR count). The molecule has 0 saturated carbocycles. The first-order valence-electron chi connectivity index (χ1n) is 8.42. The van der Waals surface area contributed by atoms with Crippen LogP contribution in [0, 0.1) is 5.82 Å². The SMILES string of the molecule is O=C(Cc1csc(NC(=O)c2ccc(F)cc2)n1)NCCc1ccccc1. The second-order valence-corrected chi connectivity index (χ2v) is 6.73. The van der Waals surface area contributed by atoms with Gasteiger partial charge in [-0.3, -0.25) is 14.9 Å². The normalized spacial score (nSPS) is 10.4. The van der Waals surface area contributed by atoms with Crippen LogP contribution in [0.4, 0.5) is 9.52 Å². The lowest BCUT2D eigenvalue weighted by Crippen LogP contribution is -2.27. The van der Waals surface area contributed by atoms with Gasteiger partial charge >= 0.3 is 0 Å². The minimum Gasteiger partial charge on any atom is -0.355 e. The van der Waals surface area contributed by atoms with Gasteiger partial charge in [-0.15, -0.1) is 11.3 Å². The molecule has 1 heterocycles. The number of benzene rings is 2. The molecule has 0 bridgehead atoms. The van der Waals surface area contributed by atoms with Gasteiger partial charge in [0, 0.05) is 17.5 Å². The number of nitrogens with one attached hydrogen (secondary N) is 2. The Bertz CT molecular complexity index is 910. The molecule has 138 valence electrons. The third kappa shape index (κ3) is 5.72. The Labute approximate surface area is 160 Å². The lowest BCUT2D eigenvalue weighted by molar-refractivity contribution is -0.120. The summed E-state index contributed by atoms with van der Waals surface area (Å²) in [5, 5.41) is 7.65. The van der Waals surface area contributed by atoms with Crippen LogP contribution in [0.3, 0.4) is 0 Å². The predicted molar refractivity (Wildman–Crippen MR) is 103 cm³/mol. The standard InChI is InChI=1S/C20H18FN3O2S/c21-16-8-6-15(7-9-16)19(26)24-20-23-17(13-27-20)12-18(25)22-11-10-14-4-2-1-3-5-14/h1-9,13H,10-12H2,(H,22,25)(H,23,24,26). The van der Waals surface area contributed by atoms with Gasteiger partial charge in [-0.05, 0) is 36.2 Å². The number of halogens is 1. The van der Waals surface area contributed by atoms with Crippen molar-refractivity contribution >= 4 is 28.3 Å². The Hall–Kier alpha value is -3.06. The van der Waals surface area contributed by atoms with E-state index in [0.717, 1.165) is 12.0 Å². The highest BCUT2D eigenvalue weighted by Gasteiger charge is 2.11. The summed E-state index contributed by atoms with van der Waals surface area (Å²) in [5.41, 5.74) is 2.09. The smallest absolute Gasteiger partial charge is 0.257 e. The zero-order chi connectivity index (χ0) is 19.1. The summed E-state index contributed by atoms with van der Waals surface area (Å²) in [5.74, 6) is -0.891. The highest BCUT2D eigenvalue weighted by atomic mass is 32.1. The quantitative estimate of drug-likeness (QED) is 0.657. The zero-order valence-corrected chi connectivity index (χ0v) is 15.3. The molecule has 0 aliphatic rings. The van der Waals surface area contributed by atoms with Gasteiger partial charge in [-0.1, -0.05) is 30.3 Å². The Balaban J connectivity index is 1.46. The lowest BCUT2D eigenvalue weighted by Gasteiger charge is -2.04. The van der Waals surface area contributed by atoms with Crippen molar-refractivity contribution in [3.8, 4) is 0 Å². The van der Waals surface area contributed by atoms with E-state index in [9.17, 15) is 14.0 Å². The molecule has 0 fully saturated rings. The lowest BCUT2D eigenvalue weighted by atomic mass is 10.1. The van der Waals surface area contributed by atoms with Crippen molar-refractivity contribution in [2.45, 2.75) is 12.8 Å². The van der Waals surface area contributed by atoms with E-state index in [1.54, 1.807) is 5.38 Å². The first-order chi connectivity index (χ1) is 13.1. The summed E-state index contributed by atoms with van der Waals surface area (Å²) in [6, 6.07) is 15.2. The van der Waals surface area contributed by atoms with Crippen LogP contribution in [-0.4, -0.2) is 23.3 Å². The molecule has 27 heavy (non-hydrogen) atoms. The highest BCUT2D eigenvalue weighted by Crippen LogP contribution is 2.17. The molecule has 0 aliphatic heterocycles. The number of hydrogen-bond donors (Lipinski definition) is 2. The monoisotopic (exact) mass is 383 g/mol. The number of amides is 2. The zero-order valence-electron chi connectivity index (χ0n) is 14.4. The molecule has 2 aromatic carbocycles. The van der Waals surface area contributed by atoms with Crippen molar-refractivity contribution in [1.82, 2.24) is 10.3 Å². The van der Waals surface area contributed by atoms with E-state index >= 15 is 0 Å².